The summed E-state index contributed by atoms with van der Waals surface area (Å²) in [6.07, 6.45) is 0. The highest BCUT2D eigenvalue weighted by Gasteiger charge is 2.16. The smallest absolute Gasteiger partial charge is 0.339 e. The molecule has 0 atom stereocenters. The van der Waals surface area contributed by atoms with Crippen LogP contribution in [0.3, 0.4) is 0 Å². The molecule has 0 heterocycles. The Balaban J connectivity index is 3.31. The summed E-state index contributed by atoms with van der Waals surface area (Å²) < 4.78 is 9.95. The SMILES string of the molecule is COCc1cc(Cl)cc(C(=O)O)c1OC. The molecule has 0 spiro atoms. The van der Waals surface area contributed by atoms with Gasteiger partial charge in [0.15, 0.2) is 0 Å². The Labute approximate surface area is 92.4 Å². The van der Waals surface area contributed by atoms with Gasteiger partial charge in [-0.3, -0.25) is 0 Å². The summed E-state index contributed by atoms with van der Waals surface area (Å²) >= 11 is 5.78. The van der Waals surface area contributed by atoms with E-state index in [-0.39, 0.29) is 17.9 Å². The van der Waals surface area contributed by atoms with E-state index in [1.54, 1.807) is 6.07 Å². The van der Waals surface area contributed by atoms with Gasteiger partial charge >= 0.3 is 5.97 Å². The van der Waals surface area contributed by atoms with Crippen LogP contribution in [0.1, 0.15) is 15.9 Å². The molecule has 0 saturated heterocycles. The third-order valence-corrected chi connectivity index (χ3v) is 2.08. The van der Waals surface area contributed by atoms with Crippen LogP contribution in [0.15, 0.2) is 12.1 Å². The molecule has 15 heavy (non-hydrogen) atoms. The quantitative estimate of drug-likeness (QED) is 0.862. The first-order valence-corrected chi connectivity index (χ1v) is 4.56. The normalized spacial score (nSPS) is 10.1. The Bertz CT molecular complexity index is 376. The van der Waals surface area contributed by atoms with Crippen molar-refractivity contribution in [2.45, 2.75) is 6.61 Å². The molecule has 4 nitrogen and oxygen atoms in total. The average molecular weight is 231 g/mol. The molecule has 5 heteroatoms. The van der Waals surface area contributed by atoms with Gasteiger partial charge in [-0.1, -0.05) is 11.6 Å². The molecule has 0 bridgehead atoms. The predicted octanol–water partition coefficient (Wildman–Crippen LogP) is 2.19. The molecule has 1 aromatic rings. The molecular weight excluding hydrogens is 220 g/mol. The van der Waals surface area contributed by atoms with E-state index in [1.807, 2.05) is 0 Å². The Morgan fingerprint density at radius 1 is 1.47 bits per heavy atom. The monoisotopic (exact) mass is 230 g/mol. The molecule has 82 valence electrons. The first-order chi connectivity index (χ1) is 7.10. The zero-order chi connectivity index (χ0) is 11.4. The number of carboxylic acids is 1. The van der Waals surface area contributed by atoms with Crippen molar-refractivity contribution in [1.29, 1.82) is 0 Å². The zero-order valence-corrected chi connectivity index (χ0v) is 9.17. The van der Waals surface area contributed by atoms with Crippen LogP contribution < -0.4 is 4.74 Å². The molecule has 1 rings (SSSR count). The molecule has 1 N–H and O–H groups in total. The summed E-state index contributed by atoms with van der Waals surface area (Å²) in [5, 5.41) is 9.28. The third kappa shape index (κ3) is 2.61. The molecule has 0 amide bonds. The van der Waals surface area contributed by atoms with Crippen molar-refractivity contribution in [3.63, 3.8) is 0 Å². The minimum absolute atomic E-state index is 0.0389. The van der Waals surface area contributed by atoms with Gasteiger partial charge in [-0.2, -0.15) is 0 Å². The fourth-order valence-corrected chi connectivity index (χ4v) is 1.55. The van der Waals surface area contributed by atoms with Crippen molar-refractivity contribution < 1.29 is 19.4 Å². The van der Waals surface area contributed by atoms with E-state index < -0.39 is 5.97 Å². The molecule has 0 fully saturated rings. The standard InChI is InChI=1S/C10H11ClO4/c1-14-5-6-3-7(11)4-8(10(12)13)9(6)15-2/h3-4H,5H2,1-2H3,(H,12,13). The van der Waals surface area contributed by atoms with E-state index in [1.165, 1.54) is 20.3 Å². The van der Waals surface area contributed by atoms with Crippen LogP contribution in [-0.2, 0) is 11.3 Å². The molecule has 0 unspecified atom stereocenters. The Morgan fingerprint density at radius 2 is 2.13 bits per heavy atom. The summed E-state index contributed by atoms with van der Waals surface area (Å²) in [5.74, 6) is -0.791. The molecular formula is C10H11ClO4. The maximum atomic E-state index is 10.9. The second-order valence-electron chi connectivity index (χ2n) is 2.88. The second kappa shape index (κ2) is 5.00. The van der Waals surface area contributed by atoms with Gasteiger partial charge in [0.1, 0.15) is 11.3 Å². The largest absolute Gasteiger partial charge is 0.495 e. The van der Waals surface area contributed by atoms with Gasteiger partial charge in [0.05, 0.1) is 13.7 Å². The fourth-order valence-electron chi connectivity index (χ4n) is 1.31. The minimum atomic E-state index is -1.08. The van der Waals surface area contributed by atoms with Gasteiger partial charge in [0.25, 0.3) is 0 Å². The topological polar surface area (TPSA) is 55.8 Å². The van der Waals surface area contributed by atoms with Crippen molar-refractivity contribution >= 4 is 17.6 Å². The van der Waals surface area contributed by atoms with Gasteiger partial charge in [0.2, 0.25) is 0 Å². The number of halogens is 1. The van der Waals surface area contributed by atoms with Crippen molar-refractivity contribution in [3.8, 4) is 5.75 Å². The van der Waals surface area contributed by atoms with E-state index >= 15 is 0 Å². The van der Waals surface area contributed by atoms with Crippen LogP contribution >= 0.6 is 11.6 Å². The van der Waals surface area contributed by atoms with Gasteiger partial charge in [-0.25, -0.2) is 4.79 Å². The molecule has 0 radical (unpaired) electrons. The van der Waals surface area contributed by atoms with E-state index in [2.05, 4.69) is 0 Å². The fraction of sp³-hybridized carbons (Fsp3) is 0.300. The number of hydrogen-bond donors (Lipinski definition) is 1. The summed E-state index contributed by atoms with van der Waals surface area (Å²) in [5.41, 5.74) is 0.655. The number of methoxy groups -OCH3 is 2. The van der Waals surface area contributed by atoms with E-state index in [0.29, 0.717) is 10.6 Å². The van der Waals surface area contributed by atoms with Gasteiger partial charge in [-0.05, 0) is 12.1 Å². The third-order valence-electron chi connectivity index (χ3n) is 1.86. The highest BCUT2D eigenvalue weighted by molar-refractivity contribution is 6.31. The molecule has 0 aliphatic heterocycles. The number of benzene rings is 1. The number of carboxylic acid groups (broad SMARTS) is 1. The minimum Gasteiger partial charge on any atom is -0.495 e. The maximum Gasteiger partial charge on any atom is 0.339 e. The maximum absolute atomic E-state index is 10.9. The molecule has 0 saturated carbocycles. The Morgan fingerprint density at radius 3 is 2.60 bits per heavy atom. The van der Waals surface area contributed by atoms with Crippen molar-refractivity contribution in [1.82, 2.24) is 0 Å². The van der Waals surface area contributed by atoms with Crippen LogP contribution in [0.2, 0.25) is 5.02 Å². The lowest BCUT2D eigenvalue weighted by atomic mass is 10.1. The lowest BCUT2D eigenvalue weighted by Gasteiger charge is -2.11. The first-order valence-electron chi connectivity index (χ1n) is 4.18. The lowest BCUT2D eigenvalue weighted by molar-refractivity contribution is 0.0692. The summed E-state index contributed by atoms with van der Waals surface area (Å²) in [6, 6.07) is 2.97. The first kappa shape index (κ1) is 11.8. The van der Waals surface area contributed by atoms with Gasteiger partial charge in [-0.15, -0.1) is 0 Å². The van der Waals surface area contributed by atoms with Crippen molar-refractivity contribution in [2.24, 2.45) is 0 Å². The number of hydrogen-bond acceptors (Lipinski definition) is 3. The predicted molar refractivity (Wildman–Crippen MR) is 55.7 cm³/mol. The number of rotatable bonds is 4. The molecule has 0 aliphatic carbocycles. The van der Waals surface area contributed by atoms with Gasteiger partial charge in [0, 0.05) is 17.7 Å². The summed E-state index contributed by atoms with van der Waals surface area (Å²) in [7, 11) is 2.93. The van der Waals surface area contributed by atoms with Crippen LogP contribution in [-0.4, -0.2) is 25.3 Å². The number of aromatic carboxylic acids is 1. The van der Waals surface area contributed by atoms with Crippen LogP contribution in [0.25, 0.3) is 0 Å². The Kier molecular flexibility index (Phi) is 3.94. The summed E-state index contributed by atoms with van der Waals surface area (Å²) in [6.45, 7) is 0.254. The van der Waals surface area contributed by atoms with Crippen LogP contribution in [0.5, 0.6) is 5.75 Å². The highest BCUT2D eigenvalue weighted by atomic mass is 35.5. The van der Waals surface area contributed by atoms with Crippen LogP contribution in [0, 0.1) is 0 Å². The second-order valence-corrected chi connectivity index (χ2v) is 3.32. The van der Waals surface area contributed by atoms with E-state index in [9.17, 15) is 4.79 Å². The number of carbonyl (C=O) groups is 1. The zero-order valence-electron chi connectivity index (χ0n) is 8.41. The van der Waals surface area contributed by atoms with Gasteiger partial charge < -0.3 is 14.6 Å². The van der Waals surface area contributed by atoms with Crippen molar-refractivity contribution in [2.75, 3.05) is 14.2 Å². The molecule has 1 aromatic carbocycles. The summed E-state index contributed by atoms with van der Waals surface area (Å²) in [4.78, 5) is 10.9. The average Bonchev–Trinajstić information content (AvgIpc) is 2.17. The van der Waals surface area contributed by atoms with Crippen molar-refractivity contribution in [3.05, 3.63) is 28.3 Å². The molecule has 0 aliphatic rings. The van der Waals surface area contributed by atoms with E-state index in [4.69, 9.17) is 26.2 Å². The lowest BCUT2D eigenvalue weighted by Crippen LogP contribution is -2.04. The highest BCUT2D eigenvalue weighted by Crippen LogP contribution is 2.28. The Hall–Kier alpha value is -1.26. The van der Waals surface area contributed by atoms with E-state index in [0.717, 1.165) is 0 Å². The van der Waals surface area contributed by atoms with Crippen LogP contribution in [0.4, 0.5) is 0 Å². The number of ether oxygens (including phenoxy) is 2. The molecule has 0 aromatic heterocycles.